The van der Waals surface area contributed by atoms with Gasteiger partial charge in [-0.15, -0.1) is 0 Å². The fourth-order valence-corrected chi connectivity index (χ4v) is 1.54. The van der Waals surface area contributed by atoms with Crippen LogP contribution in [0.25, 0.3) is 0 Å². The number of nitrogens with one attached hydrogen (secondary N) is 4. The van der Waals surface area contributed by atoms with E-state index in [1.165, 1.54) is 0 Å². The van der Waals surface area contributed by atoms with Gasteiger partial charge in [-0.3, -0.25) is 14.4 Å². The summed E-state index contributed by atoms with van der Waals surface area (Å²) in [5, 5.41) is 10.7. The highest BCUT2D eigenvalue weighted by Gasteiger charge is 2.18. The molecule has 0 spiro atoms. The molecule has 0 heterocycles. The Morgan fingerprint density at radius 2 is 1.68 bits per heavy atom. The number of carbonyl (C=O) groups excluding carboxylic acids is 3. The lowest BCUT2D eigenvalue weighted by molar-refractivity contribution is -0.130. The van der Waals surface area contributed by atoms with Crippen molar-refractivity contribution in [1.29, 1.82) is 0 Å². The van der Waals surface area contributed by atoms with E-state index in [0.717, 1.165) is 6.54 Å². The number of hydrogen-bond acceptors (Lipinski definition) is 5. The molecule has 0 aromatic rings. The van der Waals surface area contributed by atoms with Gasteiger partial charge < -0.3 is 26.0 Å². The molecule has 0 rings (SSSR count). The van der Waals surface area contributed by atoms with Gasteiger partial charge in [0, 0.05) is 19.5 Å². The van der Waals surface area contributed by atoms with Gasteiger partial charge in [0.05, 0.1) is 19.8 Å². The molecule has 0 saturated heterocycles. The molecule has 8 heteroatoms. The Balaban J connectivity index is 3.83. The highest BCUT2D eigenvalue weighted by Crippen LogP contribution is 1.92. The van der Waals surface area contributed by atoms with E-state index in [9.17, 15) is 14.4 Å². The minimum atomic E-state index is -0.606. The van der Waals surface area contributed by atoms with Crippen molar-refractivity contribution in [2.45, 2.75) is 32.7 Å². The van der Waals surface area contributed by atoms with Crippen molar-refractivity contribution in [2.24, 2.45) is 0 Å². The quantitative estimate of drug-likeness (QED) is 0.337. The van der Waals surface area contributed by atoms with Crippen molar-refractivity contribution < 1.29 is 19.1 Å². The van der Waals surface area contributed by atoms with Crippen molar-refractivity contribution in [1.82, 2.24) is 21.3 Å². The first-order chi connectivity index (χ1) is 10.5. The number of ether oxygens (including phenoxy) is 1. The average molecular weight is 316 g/mol. The van der Waals surface area contributed by atoms with E-state index in [0.29, 0.717) is 32.6 Å². The predicted molar refractivity (Wildman–Crippen MR) is 83.3 cm³/mol. The molecule has 22 heavy (non-hydrogen) atoms. The van der Waals surface area contributed by atoms with E-state index in [4.69, 9.17) is 4.74 Å². The third kappa shape index (κ3) is 10.1. The summed E-state index contributed by atoms with van der Waals surface area (Å²) in [4.78, 5) is 34.7. The topological polar surface area (TPSA) is 109 Å². The summed E-state index contributed by atoms with van der Waals surface area (Å²) < 4.78 is 5.25. The molecule has 8 nitrogen and oxygen atoms in total. The zero-order valence-corrected chi connectivity index (χ0v) is 13.7. The van der Waals surface area contributed by atoms with Crippen molar-refractivity contribution in [3.05, 3.63) is 0 Å². The molecule has 128 valence electrons. The Bertz CT molecular complexity index is 350. The molecule has 0 aromatic carbocycles. The predicted octanol–water partition coefficient (Wildman–Crippen LogP) is -1.24. The highest BCUT2D eigenvalue weighted by molar-refractivity contribution is 5.90. The van der Waals surface area contributed by atoms with Crippen molar-refractivity contribution in [2.75, 3.05) is 39.9 Å². The van der Waals surface area contributed by atoms with Gasteiger partial charge in [-0.05, 0) is 13.5 Å². The molecular formula is C14H28N4O4. The maximum atomic E-state index is 11.8. The van der Waals surface area contributed by atoms with Gasteiger partial charge in [0.25, 0.3) is 0 Å². The molecule has 0 radical (unpaired) electrons. The first-order valence-corrected chi connectivity index (χ1v) is 7.61. The van der Waals surface area contributed by atoms with Gasteiger partial charge >= 0.3 is 0 Å². The lowest BCUT2D eigenvalue weighted by Crippen LogP contribution is -2.48. The third-order valence-corrected chi connectivity index (χ3v) is 2.87. The maximum Gasteiger partial charge on any atom is 0.243 e. The van der Waals surface area contributed by atoms with Gasteiger partial charge in [0.1, 0.15) is 6.04 Å². The number of hydrogen-bond donors (Lipinski definition) is 4. The zero-order chi connectivity index (χ0) is 16.8. The van der Waals surface area contributed by atoms with Crippen LogP contribution in [0.1, 0.15) is 26.7 Å². The monoisotopic (exact) mass is 316 g/mol. The van der Waals surface area contributed by atoms with Crippen LogP contribution in [0.5, 0.6) is 0 Å². The van der Waals surface area contributed by atoms with Crippen LogP contribution in [0.3, 0.4) is 0 Å². The smallest absolute Gasteiger partial charge is 0.243 e. The van der Waals surface area contributed by atoms with E-state index in [1.54, 1.807) is 13.8 Å². The van der Waals surface area contributed by atoms with Crippen LogP contribution in [0, 0.1) is 0 Å². The summed E-state index contributed by atoms with van der Waals surface area (Å²) in [6.07, 6.45) is 0.788. The molecule has 0 aliphatic heterocycles. The molecule has 1 atom stereocenters. The normalized spacial score (nSPS) is 11.6. The average Bonchev–Trinajstić information content (AvgIpc) is 2.53. The third-order valence-electron chi connectivity index (χ3n) is 2.87. The summed E-state index contributed by atoms with van der Waals surface area (Å²) in [6, 6.07) is -0.606. The van der Waals surface area contributed by atoms with Gasteiger partial charge in [-0.2, -0.15) is 0 Å². The Morgan fingerprint density at radius 3 is 2.27 bits per heavy atom. The van der Waals surface area contributed by atoms with Crippen molar-refractivity contribution in [3.63, 3.8) is 0 Å². The Labute approximate surface area is 131 Å². The summed E-state index contributed by atoms with van der Waals surface area (Å²) in [6.45, 7) is 5.54. The number of rotatable bonds is 12. The van der Waals surface area contributed by atoms with E-state index in [-0.39, 0.29) is 24.3 Å². The van der Waals surface area contributed by atoms with Crippen LogP contribution >= 0.6 is 0 Å². The number of likely N-dealkylation sites (N-methyl/N-ethyl adjacent to an activating group) is 1. The molecule has 0 aliphatic carbocycles. The molecule has 4 N–H and O–H groups in total. The second kappa shape index (κ2) is 13.0. The Morgan fingerprint density at radius 1 is 1.00 bits per heavy atom. The molecule has 3 amide bonds. The fourth-order valence-electron chi connectivity index (χ4n) is 1.54. The van der Waals surface area contributed by atoms with E-state index in [1.807, 2.05) is 7.05 Å². The summed E-state index contributed by atoms with van der Waals surface area (Å²) >= 11 is 0. The van der Waals surface area contributed by atoms with Gasteiger partial charge in [-0.1, -0.05) is 13.8 Å². The first kappa shape index (κ1) is 20.3. The number of amides is 3. The lowest BCUT2D eigenvalue weighted by Gasteiger charge is -2.16. The highest BCUT2D eigenvalue weighted by atomic mass is 16.5. The maximum absolute atomic E-state index is 11.8. The molecule has 0 unspecified atom stereocenters. The van der Waals surface area contributed by atoms with Crippen LogP contribution in [-0.4, -0.2) is 63.7 Å². The molecule has 0 aromatic heterocycles. The van der Waals surface area contributed by atoms with Gasteiger partial charge in [0.15, 0.2) is 0 Å². The van der Waals surface area contributed by atoms with Crippen molar-refractivity contribution in [3.8, 4) is 0 Å². The molecule has 0 aliphatic rings. The lowest BCUT2D eigenvalue weighted by atomic mass is 10.2. The SMILES string of the molecule is CCC(=O)N[C@@H](CC)C(=O)NCC(=O)NCCOCCNC. The van der Waals surface area contributed by atoms with Crippen LogP contribution in [0.2, 0.25) is 0 Å². The van der Waals surface area contributed by atoms with Gasteiger partial charge in [-0.25, -0.2) is 0 Å². The van der Waals surface area contributed by atoms with Crippen LogP contribution in [-0.2, 0) is 19.1 Å². The minimum absolute atomic E-state index is 0.117. The first-order valence-electron chi connectivity index (χ1n) is 7.61. The van der Waals surface area contributed by atoms with Gasteiger partial charge in [0.2, 0.25) is 17.7 Å². The summed E-state index contributed by atoms with van der Waals surface area (Å²) in [7, 11) is 1.83. The zero-order valence-electron chi connectivity index (χ0n) is 13.7. The summed E-state index contributed by atoms with van der Waals surface area (Å²) in [5.41, 5.74) is 0. The molecular weight excluding hydrogens is 288 g/mol. The van der Waals surface area contributed by atoms with E-state index >= 15 is 0 Å². The van der Waals surface area contributed by atoms with Crippen LogP contribution in [0.4, 0.5) is 0 Å². The fraction of sp³-hybridized carbons (Fsp3) is 0.786. The molecule has 0 bridgehead atoms. The molecule has 0 saturated carbocycles. The minimum Gasteiger partial charge on any atom is -0.378 e. The Kier molecular flexibility index (Phi) is 12.0. The van der Waals surface area contributed by atoms with Crippen LogP contribution in [0.15, 0.2) is 0 Å². The second-order valence-electron chi connectivity index (χ2n) is 4.67. The Hall–Kier alpha value is -1.67. The molecule has 0 fully saturated rings. The van der Waals surface area contributed by atoms with Crippen molar-refractivity contribution >= 4 is 17.7 Å². The van der Waals surface area contributed by atoms with E-state index in [2.05, 4.69) is 21.3 Å². The largest absolute Gasteiger partial charge is 0.378 e. The standard InChI is InChI=1S/C14H28N4O4/c1-4-11(18-12(19)5-2)14(21)17-10-13(20)16-7-9-22-8-6-15-3/h11,15H,4-10H2,1-3H3,(H,16,20)(H,17,21)(H,18,19)/t11-/m0/s1. The number of carbonyl (C=O) groups is 3. The van der Waals surface area contributed by atoms with Crippen LogP contribution < -0.4 is 21.3 Å². The van der Waals surface area contributed by atoms with E-state index < -0.39 is 6.04 Å². The second-order valence-corrected chi connectivity index (χ2v) is 4.67. The summed E-state index contributed by atoms with van der Waals surface area (Å²) in [5.74, 6) is -0.836.